The number of amides is 2. The van der Waals surface area contributed by atoms with Crippen molar-refractivity contribution in [3.8, 4) is 5.75 Å². The summed E-state index contributed by atoms with van der Waals surface area (Å²) in [6.45, 7) is 0. The Kier molecular flexibility index (Phi) is 6.09. The van der Waals surface area contributed by atoms with Crippen LogP contribution in [0.25, 0.3) is 0 Å². The molecule has 1 aliphatic rings. The van der Waals surface area contributed by atoms with E-state index in [0.29, 0.717) is 22.5 Å². The second-order valence-corrected chi connectivity index (χ2v) is 7.40. The predicted octanol–water partition coefficient (Wildman–Crippen LogP) is 5.51. The number of benzene rings is 3. The van der Waals surface area contributed by atoms with Gasteiger partial charge < -0.3 is 15.4 Å². The SMILES string of the molecule is O=C(Nc1ccc(C(=O)Nc2cccc(OC3CCCC3)c2)cc1)c1ccccc1. The monoisotopic (exact) mass is 400 g/mol. The molecule has 30 heavy (non-hydrogen) atoms. The topological polar surface area (TPSA) is 67.4 Å². The summed E-state index contributed by atoms with van der Waals surface area (Å²) in [5.41, 5.74) is 2.41. The predicted molar refractivity (Wildman–Crippen MR) is 118 cm³/mol. The van der Waals surface area contributed by atoms with Crippen molar-refractivity contribution < 1.29 is 14.3 Å². The van der Waals surface area contributed by atoms with Crippen LogP contribution in [0, 0.1) is 0 Å². The second kappa shape index (κ2) is 9.27. The minimum absolute atomic E-state index is 0.188. The van der Waals surface area contributed by atoms with Crippen molar-refractivity contribution in [2.24, 2.45) is 0 Å². The highest BCUT2D eigenvalue weighted by Gasteiger charge is 2.16. The van der Waals surface area contributed by atoms with Crippen molar-refractivity contribution in [1.82, 2.24) is 0 Å². The molecule has 0 heterocycles. The Morgan fingerprint density at radius 3 is 2.03 bits per heavy atom. The summed E-state index contributed by atoms with van der Waals surface area (Å²) in [4.78, 5) is 24.8. The zero-order valence-corrected chi connectivity index (χ0v) is 16.6. The van der Waals surface area contributed by atoms with Crippen molar-refractivity contribution in [2.45, 2.75) is 31.8 Å². The number of carbonyl (C=O) groups excluding carboxylic acids is 2. The molecule has 5 heteroatoms. The van der Waals surface area contributed by atoms with E-state index >= 15 is 0 Å². The van der Waals surface area contributed by atoms with Gasteiger partial charge in [-0.3, -0.25) is 9.59 Å². The number of nitrogens with one attached hydrogen (secondary N) is 2. The summed E-state index contributed by atoms with van der Waals surface area (Å²) >= 11 is 0. The summed E-state index contributed by atoms with van der Waals surface area (Å²) in [5, 5.41) is 5.73. The molecule has 4 rings (SSSR count). The van der Waals surface area contributed by atoms with Crippen LogP contribution >= 0.6 is 0 Å². The molecule has 3 aromatic carbocycles. The van der Waals surface area contributed by atoms with Gasteiger partial charge in [-0.15, -0.1) is 0 Å². The minimum Gasteiger partial charge on any atom is -0.490 e. The Balaban J connectivity index is 1.36. The van der Waals surface area contributed by atoms with E-state index in [1.807, 2.05) is 42.5 Å². The smallest absolute Gasteiger partial charge is 0.255 e. The molecule has 0 unspecified atom stereocenters. The number of hydrogen-bond acceptors (Lipinski definition) is 3. The van der Waals surface area contributed by atoms with Crippen molar-refractivity contribution in [1.29, 1.82) is 0 Å². The normalized spacial score (nSPS) is 13.6. The van der Waals surface area contributed by atoms with Crippen LogP contribution in [0.4, 0.5) is 11.4 Å². The van der Waals surface area contributed by atoms with Gasteiger partial charge in [0.1, 0.15) is 5.75 Å². The molecule has 0 radical (unpaired) electrons. The molecule has 1 fully saturated rings. The molecule has 0 saturated heterocycles. The highest BCUT2D eigenvalue weighted by Crippen LogP contribution is 2.26. The Bertz CT molecular complexity index is 1010. The zero-order chi connectivity index (χ0) is 20.8. The Morgan fingerprint density at radius 1 is 0.700 bits per heavy atom. The number of carbonyl (C=O) groups is 2. The highest BCUT2D eigenvalue weighted by atomic mass is 16.5. The molecule has 2 N–H and O–H groups in total. The van der Waals surface area contributed by atoms with Crippen molar-refractivity contribution >= 4 is 23.2 Å². The molecule has 1 aliphatic carbocycles. The summed E-state index contributed by atoms with van der Waals surface area (Å²) in [6.07, 6.45) is 4.87. The largest absolute Gasteiger partial charge is 0.490 e. The molecule has 0 aliphatic heterocycles. The molecule has 152 valence electrons. The molecule has 0 bridgehead atoms. The van der Waals surface area contributed by atoms with Crippen LogP contribution in [0.2, 0.25) is 0 Å². The van der Waals surface area contributed by atoms with Gasteiger partial charge in [-0.05, 0) is 74.2 Å². The van der Waals surface area contributed by atoms with E-state index in [9.17, 15) is 9.59 Å². The highest BCUT2D eigenvalue weighted by molar-refractivity contribution is 6.06. The molecular formula is C25H24N2O3. The fraction of sp³-hybridized carbons (Fsp3) is 0.200. The summed E-state index contributed by atoms with van der Waals surface area (Å²) in [5.74, 6) is 0.375. The first-order valence-electron chi connectivity index (χ1n) is 10.2. The average molecular weight is 400 g/mol. The molecule has 0 spiro atoms. The van der Waals surface area contributed by atoms with Gasteiger partial charge in [0.15, 0.2) is 0 Å². The van der Waals surface area contributed by atoms with E-state index in [1.165, 1.54) is 12.8 Å². The van der Waals surface area contributed by atoms with Gasteiger partial charge in [-0.25, -0.2) is 0 Å². The third kappa shape index (κ3) is 5.06. The van der Waals surface area contributed by atoms with E-state index in [2.05, 4.69) is 10.6 Å². The fourth-order valence-corrected chi connectivity index (χ4v) is 3.55. The van der Waals surface area contributed by atoms with E-state index in [1.54, 1.807) is 36.4 Å². The summed E-state index contributed by atoms with van der Waals surface area (Å²) in [6, 6.07) is 23.3. The maximum atomic E-state index is 12.6. The van der Waals surface area contributed by atoms with Gasteiger partial charge in [-0.1, -0.05) is 24.3 Å². The van der Waals surface area contributed by atoms with Crippen molar-refractivity contribution in [3.63, 3.8) is 0 Å². The van der Waals surface area contributed by atoms with Gasteiger partial charge in [0.2, 0.25) is 0 Å². The molecule has 0 atom stereocenters. The van der Waals surface area contributed by atoms with Crippen LogP contribution in [-0.2, 0) is 0 Å². The number of anilines is 2. The molecule has 2 amide bonds. The average Bonchev–Trinajstić information content (AvgIpc) is 3.28. The first kappa shape index (κ1) is 19.7. The molecule has 3 aromatic rings. The maximum Gasteiger partial charge on any atom is 0.255 e. The lowest BCUT2D eigenvalue weighted by atomic mass is 10.1. The van der Waals surface area contributed by atoms with E-state index in [0.717, 1.165) is 18.6 Å². The third-order valence-electron chi connectivity index (χ3n) is 5.14. The van der Waals surface area contributed by atoms with Gasteiger partial charge in [0.05, 0.1) is 6.10 Å². The first-order chi connectivity index (χ1) is 14.7. The van der Waals surface area contributed by atoms with E-state index in [-0.39, 0.29) is 17.9 Å². The Hall–Kier alpha value is -3.60. The van der Waals surface area contributed by atoms with Crippen LogP contribution in [0.3, 0.4) is 0 Å². The maximum absolute atomic E-state index is 12.6. The quantitative estimate of drug-likeness (QED) is 0.573. The summed E-state index contributed by atoms with van der Waals surface area (Å²) in [7, 11) is 0. The molecular weight excluding hydrogens is 376 g/mol. The number of ether oxygens (including phenoxy) is 1. The minimum atomic E-state index is -0.214. The molecule has 5 nitrogen and oxygen atoms in total. The molecule has 1 saturated carbocycles. The van der Waals surface area contributed by atoms with Crippen LogP contribution in [0.5, 0.6) is 5.75 Å². The van der Waals surface area contributed by atoms with E-state index < -0.39 is 0 Å². The lowest BCUT2D eigenvalue weighted by molar-refractivity contribution is 0.102. The van der Waals surface area contributed by atoms with Crippen molar-refractivity contribution in [3.05, 3.63) is 90.0 Å². The van der Waals surface area contributed by atoms with Gasteiger partial charge in [0.25, 0.3) is 11.8 Å². The molecule has 0 aromatic heterocycles. The van der Waals surface area contributed by atoms with E-state index in [4.69, 9.17) is 4.74 Å². The summed E-state index contributed by atoms with van der Waals surface area (Å²) < 4.78 is 6.00. The van der Waals surface area contributed by atoms with Crippen LogP contribution in [0.15, 0.2) is 78.9 Å². The second-order valence-electron chi connectivity index (χ2n) is 7.40. The van der Waals surface area contributed by atoms with Gasteiger partial charge in [-0.2, -0.15) is 0 Å². The number of rotatable bonds is 6. The van der Waals surface area contributed by atoms with Gasteiger partial charge >= 0.3 is 0 Å². The number of hydrogen-bond donors (Lipinski definition) is 2. The van der Waals surface area contributed by atoms with Crippen molar-refractivity contribution in [2.75, 3.05) is 10.6 Å². The van der Waals surface area contributed by atoms with Crippen LogP contribution in [0.1, 0.15) is 46.4 Å². The zero-order valence-electron chi connectivity index (χ0n) is 16.6. The lowest BCUT2D eigenvalue weighted by Crippen LogP contribution is -2.14. The third-order valence-corrected chi connectivity index (χ3v) is 5.14. The lowest BCUT2D eigenvalue weighted by Gasteiger charge is -2.14. The standard InChI is InChI=1S/C25H24N2O3/c28-24(18-7-2-1-3-8-18)26-20-15-13-19(14-16-20)25(29)27-21-9-6-12-23(17-21)30-22-10-4-5-11-22/h1-3,6-9,12-17,22H,4-5,10-11H2,(H,26,28)(H,27,29). The fourth-order valence-electron chi connectivity index (χ4n) is 3.55. The van der Waals surface area contributed by atoms with Crippen LogP contribution < -0.4 is 15.4 Å². The van der Waals surface area contributed by atoms with Gasteiger partial charge in [0, 0.05) is 28.6 Å². The van der Waals surface area contributed by atoms with Crippen LogP contribution in [-0.4, -0.2) is 17.9 Å². The first-order valence-corrected chi connectivity index (χ1v) is 10.2. The Morgan fingerprint density at radius 2 is 1.33 bits per heavy atom. The Labute approximate surface area is 176 Å².